The number of ether oxygens (including phenoxy) is 3. The average Bonchev–Trinajstić information content (AvgIpc) is 2.88. The molecule has 2 saturated heterocycles. The summed E-state index contributed by atoms with van der Waals surface area (Å²) in [5.74, 6) is 0.251. The summed E-state index contributed by atoms with van der Waals surface area (Å²) >= 11 is 0. The Morgan fingerprint density at radius 2 is 2.04 bits per heavy atom. The first-order valence-electron chi connectivity index (χ1n) is 7.66. The van der Waals surface area contributed by atoms with E-state index in [4.69, 9.17) is 19.9 Å². The second-order valence-electron chi connectivity index (χ2n) is 5.80. The summed E-state index contributed by atoms with van der Waals surface area (Å²) in [7, 11) is 0. The fraction of sp³-hybridized carbons (Fsp3) is 0.533. The number of hydrogen-bond acceptors (Lipinski definition) is 6. The number of halogens is 1. The molecule has 2 N–H and O–H groups in total. The Morgan fingerprint density at radius 3 is 2.78 bits per heavy atom. The van der Waals surface area contributed by atoms with Gasteiger partial charge in [0.25, 0.3) is 0 Å². The highest BCUT2D eigenvalue weighted by Gasteiger charge is 2.45. The van der Waals surface area contributed by atoms with Crippen LogP contribution in [0.3, 0.4) is 0 Å². The van der Waals surface area contributed by atoms with E-state index in [2.05, 4.69) is 0 Å². The highest BCUT2D eigenvalue weighted by atomic mass is 19.1. The Morgan fingerprint density at radius 1 is 1.26 bits per heavy atom. The van der Waals surface area contributed by atoms with Gasteiger partial charge in [-0.25, -0.2) is 9.18 Å². The predicted molar refractivity (Wildman–Crippen MR) is 78.7 cm³/mol. The van der Waals surface area contributed by atoms with Gasteiger partial charge < -0.3 is 24.8 Å². The molecule has 0 bridgehead atoms. The van der Waals surface area contributed by atoms with E-state index in [1.165, 1.54) is 11.0 Å². The van der Waals surface area contributed by atoms with E-state index < -0.39 is 18.4 Å². The fourth-order valence-electron chi connectivity index (χ4n) is 3.20. The van der Waals surface area contributed by atoms with Gasteiger partial charge in [-0.3, -0.25) is 4.90 Å². The normalized spacial score (nSPS) is 26.4. The maximum absolute atomic E-state index is 14.5. The number of benzene rings is 1. The highest BCUT2D eigenvalue weighted by molar-refractivity contribution is 5.71. The van der Waals surface area contributed by atoms with Crippen molar-refractivity contribution in [2.45, 2.75) is 18.9 Å². The fourth-order valence-corrected chi connectivity index (χ4v) is 3.20. The largest absolute Gasteiger partial charge is 0.466 e. The Balaban J connectivity index is 1.66. The Hall–Kier alpha value is -2.06. The number of carbonyl (C=O) groups excluding carboxylic acids is 1. The van der Waals surface area contributed by atoms with E-state index in [9.17, 15) is 9.18 Å². The topological polar surface area (TPSA) is 77.3 Å². The number of rotatable bonds is 2. The third-order valence-corrected chi connectivity index (χ3v) is 4.41. The summed E-state index contributed by atoms with van der Waals surface area (Å²) < 4.78 is 30.8. The van der Waals surface area contributed by atoms with Gasteiger partial charge in [-0.2, -0.15) is 0 Å². The van der Waals surface area contributed by atoms with Crippen LogP contribution in [0.5, 0.6) is 5.75 Å². The monoisotopic (exact) mass is 323 g/mol. The number of amides is 1. The molecule has 0 spiro atoms. The molecule has 0 saturated carbocycles. The average molecular weight is 323 g/mol. The van der Waals surface area contributed by atoms with Gasteiger partial charge in [0.2, 0.25) is 6.23 Å². The summed E-state index contributed by atoms with van der Waals surface area (Å²) in [5.41, 5.74) is 6.75. The van der Waals surface area contributed by atoms with Crippen molar-refractivity contribution in [1.82, 2.24) is 4.90 Å². The van der Waals surface area contributed by atoms with E-state index in [0.717, 1.165) is 0 Å². The first kappa shape index (κ1) is 14.5. The third-order valence-electron chi connectivity index (χ3n) is 4.41. The van der Waals surface area contributed by atoms with Crippen LogP contribution in [-0.4, -0.2) is 56.2 Å². The van der Waals surface area contributed by atoms with Gasteiger partial charge in [-0.15, -0.1) is 0 Å². The number of morpholine rings is 1. The van der Waals surface area contributed by atoms with E-state index in [1.54, 1.807) is 6.07 Å². The third kappa shape index (κ3) is 2.38. The lowest BCUT2D eigenvalue weighted by Gasteiger charge is -2.34. The Bertz CT molecular complexity index is 635. The van der Waals surface area contributed by atoms with Gasteiger partial charge in [-0.1, -0.05) is 0 Å². The molecule has 2 fully saturated rings. The molecular formula is C15H18FN3O4. The number of hydrogen-bond donors (Lipinski definition) is 1. The van der Waals surface area contributed by atoms with Gasteiger partial charge in [0.15, 0.2) is 6.10 Å². The maximum atomic E-state index is 14.5. The van der Waals surface area contributed by atoms with Crippen molar-refractivity contribution in [2.24, 2.45) is 5.73 Å². The Kier molecular flexibility index (Phi) is 3.50. The Labute approximate surface area is 132 Å². The molecule has 3 heterocycles. The van der Waals surface area contributed by atoms with Crippen LogP contribution in [0, 0.1) is 5.82 Å². The molecule has 23 heavy (non-hydrogen) atoms. The summed E-state index contributed by atoms with van der Waals surface area (Å²) in [4.78, 5) is 15.2. The number of anilines is 1. The zero-order chi connectivity index (χ0) is 16.0. The van der Waals surface area contributed by atoms with Crippen molar-refractivity contribution in [3.8, 4) is 5.75 Å². The van der Waals surface area contributed by atoms with E-state index in [1.807, 2.05) is 4.90 Å². The van der Waals surface area contributed by atoms with Crippen molar-refractivity contribution in [3.05, 3.63) is 23.5 Å². The molecular weight excluding hydrogens is 305 g/mol. The number of fused-ring (bicyclic) bond motifs is 2. The van der Waals surface area contributed by atoms with Crippen molar-refractivity contribution < 1.29 is 23.4 Å². The summed E-state index contributed by atoms with van der Waals surface area (Å²) in [6, 6.07) is 3.13. The van der Waals surface area contributed by atoms with Gasteiger partial charge >= 0.3 is 6.09 Å². The zero-order valence-electron chi connectivity index (χ0n) is 12.5. The molecule has 124 valence electrons. The zero-order valence-corrected chi connectivity index (χ0v) is 12.5. The molecule has 1 aromatic rings. The van der Waals surface area contributed by atoms with Crippen LogP contribution in [0.25, 0.3) is 0 Å². The van der Waals surface area contributed by atoms with Crippen LogP contribution in [0.1, 0.15) is 5.56 Å². The van der Waals surface area contributed by atoms with Crippen LogP contribution in [0.2, 0.25) is 0 Å². The minimum absolute atomic E-state index is 0.180. The first-order chi connectivity index (χ1) is 11.2. The van der Waals surface area contributed by atoms with E-state index in [-0.39, 0.29) is 18.9 Å². The molecule has 2 atom stereocenters. The minimum atomic E-state index is -0.553. The standard InChI is InChI=1S/C15H18FN3O4/c16-10-5-9-8-19-14(13(7-17)23-15(19)20)22-12(9)6-11(10)18-1-3-21-4-2-18/h5-6,13-14H,1-4,7-8,17H2/t13-,14-/m0/s1. The predicted octanol–water partition coefficient (Wildman–Crippen LogP) is 0.660. The molecule has 7 nitrogen and oxygen atoms in total. The molecule has 1 amide bonds. The van der Waals surface area contributed by atoms with Crippen molar-refractivity contribution in [3.63, 3.8) is 0 Å². The lowest BCUT2D eigenvalue weighted by molar-refractivity contribution is 0.0220. The first-order valence-corrected chi connectivity index (χ1v) is 7.66. The summed E-state index contributed by atoms with van der Waals surface area (Å²) in [6.45, 7) is 2.86. The van der Waals surface area contributed by atoms with Gasteiger partial charge in [-0.05, 0) is 6.07 Å². The van der Waals surface area contributed by atoms with Crippen LogP contribution < -0.4 is 15.4 Å². The van der Waals surface area contributed by atoms with E-state index >= 15 is 0 Å². The number of nitrogens with zero attached hydrogens (tertiary/aromatic N) is 2. The van der Waals surface area contributed by atoms with Crippen molar-refractivity contribution in [1.29, 1.82) is 0 Å². The quantitative estimate of drug-likeness (QED) is 0.861. The number of nitrogens with two attached hydrogens (primary N) is 1. The molecule has 0 aliphatic carbocycles. The molecule has 0 aromatic heterocycles. The van der Waals surface area contributed by atoms with E-state index in [0.29, 0.717) is 43.3 Å². The summed E-state index contributed by atoms with van der Waals surface area (Å²) in [5, 5.41) is 0. The molecule has 3 aliphatic rings. The molecule has 0 radical (unpaired) electrons. The van der Waals surface area contributed by atoms with Gasteiger partial charge in [0.1, 0.15) is 11.6 Å². The molecule has 3 aliphatic heterocycles. The second kappa shape index (κ2) is 5.54. The van der Waals surface area contributed by atoms with Crippen LogP contribution in [-0.2, 0) is 16.0 Å². The van der Waals surface area contributed by atoms with Crippen LogP contribution >= 0.6 is 0 Å². The van der Waals surface area contributed by atoms with Gasteiger partial charge in [0, 0.05) is 31.3 Å². The van der Waals surface area contributed by atoms with Gasteiger partial charge in [0.05, 0.1) is 25.4 Å². The second-order valence-corrected chi connectivity index (χ2v) is 5.80. The number of cyclic esters (lactones) is 1. The molecule has 0 unspecified atom stereocenters. The smallest absolute Gasteiger partial charge is 0.413 e. The lowest BCUT2D eigenvalue weighted by atomic mass is 10.1. The SMILES string of the molecule is NC[C@@H]1OC(=O)N2Cc3cc(F)c(N4CCOCC4)cc3O[C@@H]12. The summed E-state index contributed by atoms with van der Waals surface area (Å²) in [6.07, 6.45) is -1.54. The van der Waals surface area contributed by atoms with Crippen LogP contribution in [0.4, 0.5) is 14.9 Å². The number of carbonyl (C=O) groups is 1. The molecule has 1 aromatic carbocycles. The highest BCUT2D eigenvalue weighted by Crippen LogP contribution is 2.37. The molecule has 8 heteroatoms. The van der Waals surface area contributed by atoms with Crippen LogP contribution in [0.15, 0.2) is 12.1 Å². The van der Waals surface area contributed by atoms with Crippen molar-refractivity contribution in [2.75, 3.05) is 37.7 Å². The lowest BCUT2D eigenvalue weighted by Crippen LogP contribution is -2.46. The maximum Gasteiger partial charge on any atom is 0.413 e. The minimum Gasteiger partial charge on any atom is -0.466 e. The van der Waals surface area contributed by atoms with Crippen molar-refractivity contribution >= 4 is 11.8 Å². The molecule has 4 rings (SSSR count).